The number of carbonyl (C=O) groups is 1. The summed E-state index contributed by atoms with van der Waals surface area (Å²) < 4.78 is 5.98. The van der Waals surface area contributed by atoms with Crippen LogP contribution in [0.25, 0.3) is 0 Å². The summed E-state index contributed by atoms with van der Waals surface area (Å²) in [5, 5.41) is 4.06. The van der Waals surface area contributed by atoms with Crippen molar-refractivity contribution in [3.05, 3.63) is 28.8 Å². The van der Waals surface area contributed by atoms with E-state index in [-0.39, 0.29) is 11.9 Å². The maximum absolute atomic E-state index is 12.8. The number of hydrogen-bond acceptors (Lipinski definition) is 6. The number of likely N-dealkylation sites (N-methyl/N-ethyl adjacent to an activating group) is 1. The van der Waals surface area contributed by atoms with Crippen LogP contribution in [-0.4, -0.2) is 61.0 Å². The average Bonchev–Trinajstić information content (AvgIpc) is 3.22. The quantitative estimate of drug-likeness (QED) is 0.844. The minimum absolute atomic E-state index is 0.0480. The highest BCUT2D eigenvalue weighted by atomic mass is 32.1. The van der Waals surface area contributed by atoms with Crippen LogP contribution in [-0.2, 0) is 13.5 Å². The molecule has 0 spiro atoms. The minimum atomic E-state index is 0.0480. The first kappa shape index (κ1) is 16.1. The first-order valence-electron chi connectivity index (χ1n) is 7.97. The zero-order valence-electron chi connectivity index (χ0n) is 13.8. The molecule has 1 aliphatic heterocycles. The Morgan fingerprint density at radius 1 is 1.39 bits per heavy atom. The van der Waals surface area contributed by atoms with E-state index in [1.165, 1.54) is 11.5 Å². The molecule has 7 nitrogen and oxygen atoms in total. The molecule has 8 heteroatoms. The van der Waals surface area contributed by atoms with Gasteiger partial charge in [-0.3, -0.25) is 9.69 Å². The Balaban J connectivity index is 1.83. The van der Waals surface area contributed by atoms with Gasteiger partial charge < -0.3 is 9.47 Å². The van der Waals surface area contributed by atoms with Crippen LogP contribution in [0, 0.1) is 0 Å². The van der Waals surface area contributed by atoms with E-state index >= 15 is 0 Å². The SMILES string of the molecule is CCc1nnsc1C(=O)N1CCN(CC)C(c2nccn2C)C1. The van der Waals surface area contributed by atoms with Crippen LogP contribution in [0.2, 0.25) is 0 Å². The van der Waals surface area contributed by atoms with Crippen molar-refractivity contribution in [2.24, 2.45) is 7.05 Å². The molecule has 0 N–H and O–H groups in total. The second-order valence-corrected chi connectivity index (χ2v) is 6.45. The largest absolute Gasteiger partial charge is 0.337 e. The van der Waals surface area contributed by atoms with Gasteiger partial charge in [0.2, 0.25) is 0 Å². The van der Waals surface area contributed by atoms with E-state index in [1.54, 1.807) is 0 Å². The fourth-order valence-electron chi connectivity index (χ4n) is 3.07. The van der Waals surface area contributed by atoms with Crippen LogP contribution >= 0.6 is 11.5 Å². The number of amides is 1. The third-order valence-electron chi connectivity index (χ3n) is 4.43. The predicted molar refractivity (Wildman–Crippen MR) is 88.4 cm³/mol. The Bertz CT molecular complexity index is 681. The van der Waals surface area contributed by atoms with Crippen molar-refractivity contribution in [3.8, 4) is 0 Å². The molecular weight excluding hydrogens is 312 g/mol. The van der Waals surface area contributed by atoms with Crippen molar-refractivity contribution < 1.29 is 4.79 Å². The van der Waals surface area contributed by atoms with Gasteiger partial charge in [-0.2, -0.15) is 0 Å². The van der Waals surface area contributed by atoms with Gasteiger partial charge >= 0.3 is 0 Å². The summed E-state index contributed by atoms with van der Waals surface area (Å²) >= 11 is 1.20. The summed E-state index contributed by atoms with van der Waals surface area (Å²) in [5.41, 5.74) is 0.798. The molecule has 1 fully saturated rings. The number of carbonyl (C=O) groups excluding carboxylic acids is 1. The molecular formula is C15H22N6OS. The van der Waals surface area contributed by atoms with Crippen LogP contribution in [0.4, 0.5) is 0 Å². The molecule has 0 saturated carbocycles. The Morgan fingerprint density at radius 3 is 2.87 bits per heavy atom. The molecule has 2 aromatic heterocycles. The number of aromatic nitrogens is 4. The van der Waals surface area contributed by atoms with Crippen LogP contribution in [0.5, 0.6) is 0 Å². The third-order valence-corrected chi connectivity index (χ3v) is 5.18. The molecule has 124 valence electrons. The van der Waals surface area contributed by atoms with Gasteiger partial charge in [-0.15, -0.1) is 5.10 Å². The summed E-state index contributed by atoms with van der Waals surface area (Å²) in [4.78, 5) is 22.3. The Hall–Kier alpha value is -1.80. The van der Waals surface area contributed by atoms with Crippen molar-refractivity contribution in [2.75, 3.05) is 26.2 Å². The van der Waals surface area contributed by atoms with Gasteiger partial charge in [-0.1, -0.05) is 18.3 Å². The van der Waals surface area contributed by atoms with Gasteiger partial charge in [0, 0.05) is 39.1 Å². The molecule has 0 aliphatic carbocycles. The predicted octanol–water partition coefficient (Wildman–Crippen LogP) is 1.35. The maximum Gasteiger partial charge on any atom is 0.267 e. The van der Waals surface area contributed by atoms with Gasteiger partial charge in [0.25, 0.3) is 5.91 Å². The molecule has 0 aromatic carbocycles. The standard InChI is InChI=1S/C15H22N6OS/c1-4-11-13(23-18-17-11)15(22)21-9-8-20(5-2)12(10-21)14-16-6-7-19(14)3/h6-7,12H,4-5,8-10H2,1-3H3. The molecule has 0 radical (unpaired) electrons. The van der Waals surface area contributed by atoms with Gasteiger partial charge in [-0.05, 0) is 24.5 Å². The molecule has 3 heterocycles. The normalized spacial score (nSPS) is 19.3. The lowest BCUT2D eigenvalue weighted by Gasteiger charge is -2.40. The van der Waals surface area contributed by atoms with Crippen LogP contribution in [0.1, 0.15) is 41.1 Å². The van der Waals surface area contributed by atoms with E-state index < -0.39 is 0 Å². The number of nitrogens with zero attached hydrogens (tertiary/aromatic N) is 6. The van der Waals surface area contributed by atoms with Crippen LogP contribution in [0.15, 0.2) is 12.4 Å². The fourth-order valence-corrected chi connectivity index (χ4v) is 3.79. The maximum atomic E-state index is 12.8. The van der Waals surface area contributed by atoms with E-state index in [0.717, 1.165) is 37.6 Å². The van der Waals surface area contributed by atoms with E-state index in [0.29, 0.717) is 11.4 Å². The lowest BCUT2D eigenvalue weighted by Crippen LogP contribution is -2.50. The Labute approximate surface area is 140 Å². The highest BCUT2D eigenvalue weighted by molar-refractivity contribution is 7.08. The summed E-state index contributed by atoms with van der Waals surface area (Å²) in [5.74, 6) is 1.05. The molecule has 1 aliphatic rings. The summed E-state index contributed by atoms with van der Waals surface area (Å²) in [6, 6.07) is 0.128. The summed E-state index contributed by atoms with van der Waals surface area (Å²) in [7, 11) is 2.00. The Kier molecular flexibility index (Phi) is 4.72. The fraction of sp³-hybridized carbons (Fsp3) is 0.600. The molecule has 23 heavy (non-hydrogen) atoms. The number of rotatable bonds is 4. The first-order valence-corrected chi connectivity index (χ1v) is 8.74. The zero-order chi connectivity index (χ0) is 16.4. The second-order valence-electron chi connectivity index (χ2n) is 5.69. The van der Waals surface area contributed by atoms with Crippen molar-refractivity contribution >= 4 is 17.4 Å². The minimum Gasteiger partial charge on any atom is -0.337 e. The highest BCUT2D eigenvalue weighted by Crippen LogP contribution is 2.25. The number of aryl methyl sites for hydroxylation is 2. The highest BCUT2D eigenvalue weighted by Gasteiger charge is 2.33. The van der Waals surface area contributed by atoms with Crippen molar-refractivity contribution in [2.45, 2.75) is 26.3 Å². The van der Waals surface area contributed by atoms with Gasteiger partial charge in [0.15, 0.2) is 0 Å². The Morgan fingerprint density at radius 2 is 2.22 bits per heavy atom. The lowest BCUT2D eigenvalue weighted by molar-refractivity contribution is 0.0476. The van der Waals surface area contributed by atoms with Crippen molar-refractivity contribution in [1.29, 1.82) is 0 Å². The lowest BCUT2D eigenvalue weighted by atomic mass is 10.1. The van der Waals surface area contributed by atoms with E-state index in [9.17, 15) is 4.79 Å². The van der Waals surface area contributed by atoms with E-state index in [1.807, 2.05) is 35.8 Å². The molecule has 1 unspecified atom stereocenters. The van der Waals surface area contributed by atoms with Crippen molar-refractivity contribution in [1.82, 2.24) is 28.9 Å². The second kappa shape index (κ2) is 6.76. The topological polar surface area (TPSA) is 67.2 Å². The third kappa shape index (κ3) is 3.00. The van der Waals surface area contributed by atoms with Crippen molar-refractivity contribution in [3.63, 3.8) is 0 Å². The number of piperazine rings is 1. The summed E-state index contributed by atoms with van der Waals surface area (Å²) in [6.07, 6.45) is 4.49. The monoisotopic (exact) mass is 334 g/mol. The van der Waals surface area contributed by atoms with Crippen LogP contribution in [0.3, 0.4) is 0 Å². The van der Waals surface area contributed by atoms with E-state index in [2.05, 4.69) is 26.4 Å². The molecule has 2 aromatic rings. The average molecular weight is 334 g/mol. The molecule has 3 rings (SSSR count). The first-order chi connectivity index (χ1) is 11.2. The van der Waals surface area contributed by atoms with Gasteiger partial charge in [0.1, 0.15) is 10.7 Å². The number of hydrogen-bond donors (Lipinski definition) is 0. The van der Waals surface area contributed by atoms with Gasteiger partial charge in [-0.25, -0.2) is 4.98 Å². The molecule has 1 saturated heterocycles. The molecule has 1 amide bonds. The zero-order valence-corrected chi connectivity index (χ0v) is 14.6. The summed E-state index contributed by atoms with van der Waals surface area (Å²) in [6.45, 7) is 7.33. The molecule has 1 atom stereocenters. The smallest absolute Gasteiger partial charge is 0.267 e. The van der Waals surface area contributed by atoms with Crippen LogP contribution < -0.4 is 0 Å². The van der Waals surface area contributed by atoms with Gasteiger partial charge in [0.05, 0.1) is 11.7 Å². The molecule has 0 bridgehead atoms. The number of imidazole rings is 1. The van der Waals surface area contributed by atoms with E-state index in [4.69, 9.17) is 0 Å².